The quantitative estimate of drug-likeness (QED) is 0.472. The second-order valence-corrected chi connectivity index (χ2v) is 5.28. The molecule has 1 N–H and O–H groups in total. The van der Waals surface area contributed by atoms with Crippen LogP contribution in [0.3, 0.4) is 0 Å². The van der Waals surface area contributed by atoms with E-state index in [2.05, 4.69) is 4.85 Å². The van der Waals surface area contributed by atoms with Crippen LogP contribution in [-0.4, -0.2) is 23.1 Å². The Kier molecular flexibility index (Phi) is 3.80. The van der Waals surface area contributed by atoms with Gasteiger partial charge < -0.3 is 9.84 Å². The van der Waals surface area contributed by atoms with E-state index in [0.29, 0.717) is 0 Å². The van der Waals surface area contributed by atoms with Crippen LogP contribution in [0.25, 0.3) is 4.85 Å². The molecule has 0 spiro atoms. The molecule has 0 saturated heterocycles. The molecular formula is C13H17NO4. The molecule has 1 fully saturated rings. The van der Waals surface area contributed by atoms with E-state index in [9.17, 15) is 9.59 Å². The number of carboxylic acid groups (broad SMARTS) is 1. The molecule has 0 aliphatic heterocycles. The lowest BCUT2D eigenvalue weighted by molar-refractivity contribution is -0.142. The van der Waals surface area contributed by atoms with E-state index in [-0.39, 0.29) is 17.7 Å². The highest BCUT2D eigenvalue weighted by molar-refractivity contribution is 5.91. The predicted molar refractivity (Wildman–Crippen MR) is 64.3 cm³/mol. The summed E-state index contributed by atoms with van der Waals surface area (Å²) in [6, 6.07) is 0. The predicted octanol–water partition coefficient (Wildman–Crippen LogP) is 2.10. The van der Waals surface area contributed by atoms with Crippen molar-refractivity contribution in [1.29, 1.82) is 0 Å². The van der Waals surface area contributed by atoms with Crippen molar-refractivity contribution in [1.82, 2.24) is 0 Å². The maximum Gasteiger partial charge on any atom is 0.336 e. The Hall–Kier alpha value is -1.83. The van der Waals surface area contributed by atoms with Crippen LogP contribution in [0.15, 0.2) is 11.8 Å². The fraction of sp³-hybridized carbons (Fsp3) is 0.615. The summed E-state index contributed by atoms with van der Waals surface area (Å²) in [6.07, 6.45) is 1.13. The molecule has 1 rings (SSSR count). The minimum absolute atomic E-state index is 0.134. The number of allylic oxidation sites excluding steroid dienone is 1. The Morgan fingerprint density at radius 3 is 2.33 bits per heavy atom. The summed E-state index contributed by atoms with van der Waals surface area (Å²) in [5, 5.41) is 9.01. The topological polar surface area (TPSA) is 68.0 Å². The molecule has 0 heterocycles. The third-order valence-corrected chi connectivity index (χ3v) is 3.19. The molecule has 1 aliphatic rings. The highest BCUT2D eigenvalue weighted by atomic mass is 16.5. The number of aliphatic carboxylic acids is 1. The van der Waals surface area contributed by atoms with Gasteiger partial charge in [-0.05, 0) is 25.2 Å². The minimum Gasteiger partial charge on any atom is -0.481 e. The number of esters is 1. The van der Waals surface area contributed by atoms with Gasteiger partial charge >= 0.3 is 11.9 Å². The van der Waals surface area contributed by atoms with Gasteiger partial charge in [0, 0.05) is 0 Å². The zero-order valence-corrected chi connectivity index (χ0v) is 10.9. The summed E-state index contributed by atoms with van der Waals surface area (Å²) < 4.78 is 4.93. The third kappa shape index (κ3) is 2.70. The first-order valence-electron chi connectivity index (χ1n) is 5.74. The molecule has 5 nitrogen and oxygen atoms in total. The Bertz CT molecular complexity index is 442. The first-order chi connectivity index (χ1) is 8.21. The number of carboxylic acids is 1. The number of carbonyl (C=O) groups excluding carboxylic acids is 1. The maximum atomic E-state index is 11.6. The van der Waals surface area contributed by atoms with Crippen LogP contribution in [0.1, 0.15) is 27.7 Å². The molecule has 5 heteroatoms. The van der Waals surface area contributed by atoms with Crippen LogP contribution < -0.4 is 0 Å². The molecule has 2 unspecified atom stereocenters. The average Bonchev–Trinajstić information content (AvgIpc) is 2.75. The number of hydrogen-bond acceptors (Lipinski definition) is 3. The normalized spacial score (nSPS) is 25.4. The lowest BCUT2D eigenvalue weighted by atomic mass is 10.1. The summed E-state index contributed by atoms with van der Waals surface area (Å²) in [6.45, 7) is 14.0. The van der Waals surface area contributed by atoms with Crippen molar-refractivity contribution in [2.75, 3.05) is 0 Å². The van der Waals surface area contributed by atoms with E-state index < -0.39 is 23.3 Å². The molecule has 0 aromatic carbocycles. The van der Waals surface area contributed by atoms with Crippen molar-refractivity contribution < 1.29 is 19.4 Å². The van der Waals surface area contributed by atoms with Crippen molar-refractivity contribution in [3.05, 3.63) is 23.2 Å². The Balaban J connectivity index is 2.86. The monoisotopic (exact) mass is 251 g/mol. The highest BCUT2D eigenvalue weighted by Gasteiger charge is 2.60. The van der Waals surface area contributed by atoms with Crippen molar-refractivity contribution in [2.24, 2.45) is 17.3 Å². The maximum absolute atomic E-state index is 11.6. The Labute approximate surface area is 106 Å². The highest BCUT2D eigenvalue weighted by Crippen LogP contribution is 2.59. The fourth-order valence-electron chi connectivity index (χ4n) is 2.06. The lowest BCUT2D eigenvalue weighted by Gasteiger charge is -2.06. The molecule has 0 bridgehead atoms. The van der Waals surface area contributed by atoms with Crippen LogP contribution in [0, 0.1) is 23.8 Å². The van der Waals surface area contributed by atoms with Crippen molar-refractivity contribution in [2.45, 2.75) is 33.8 Å². The summed E-state index contributed by atoms with van der Waals surface area (Å²) in [5.74, 6) is -2.42. The third-order valence-electron chi connectivity index (χ3n) is 3.19. The van der Waals surface area contributed by atoms with Gasteiger partial charge in [-0.3, -0.25) is 9.59 Å². The van der Waals surface area contributed by atoms with E-state index in [1.165, 1.54) is 6.08 Å². The van der Waals surface area contributed by atoms with Crippen LogP contribution in [0.2, 0.25) is 0 Å². The molecule has 18 heavy (non-hydrogen) atoms. The van der Waals surface area contributed by atoms with Gasteiger partial charge in [-0.1, -0.05) is 19.9 Å². The van der Waals surface area contributed by atoms with Crippen molar-refractivity contribution >= 4 is 11.9 Å². The minimum atomic E-state index is -0.900. The second kappa shape index (κ2) is 4.81. The molecule has 0 amide bonds. The molecule has 98 valence electrons. The molecule has 2 atom stereocenters. The molecular weight excluding hydrogens is 234 g/mol. The van der Waals surface area contributed by atoms with E-state index in [1.807, 2.05) is 13.8 Å². The number of hydrogen-bond donors (Lipinski definition) is 1. The SMILES string of the molecule is [C-]#[N+]/C(=C\C1C(C(=O)O)C1(C)C)C(=O)OC(C)C. The standard InChI is InChI=1S/C13H17NO4/c1-7(2)18-12(17)9(14-5)6-8-10(11(15)16)13(8,3)4/h6-8,10H,1-4H3,(H,15,16)/b9-6-. The van der Waals surface area contributed by atoms with Crippen molar-refractivity contribution in [3.8, 4) is 0 Å². The molecule has 1 aliphatic carbocycles. The van der Waals surface area contributed by atoms with E-state index in [4.69, 9.17) is 16.4 Å². The zero-order valence-electron chi connectivity index (χ0n) is 10.9. The van der Waals surface area contributed by atoms with Gasteiger partial charge in [-0.2, -0.15) is 0 Å². The van der Waals surface area contributed by atoms with Crippen molar-refractivity contribution in [3.63, 3.8) is 0 Å². The fourth-order valence-corrected chi connectivity index (χ4v) is 2.06. The second-order valence-electron chi connectivity index (χ2n) is 5.28. The first kappa shape index (κ1) is 14.2. The molecule has 1 saturated carbocycles. The van der Waals surface area contributed by atoms with Gasteiger partial charge in [0.2, 0.25) is 0 Å². The zero-order chi connectivity index (χ0) is 14.1. The average molecular weight is 251 g/mol. The van der Waals surface area contributed by atoms with E-state index in [0.717, 1.165) is 0 Å². The largest absolute Gasteiger partial charge is 0.481 e. The summed E-state index contributed by atoms with van der Waals surface area (Å²) >= 11 is 0. The van der Waals surface area contributed by atoms with E-state index in [1.54, 1.807) is 13.8 Å². The molecule has 0 aromatic rings. The van der Waals surface area contributed by atoms with Gasteiger partial charge in [0.25, 0.3) is 5.70 Å². The summed E-state index contributed by atoms with van der Waals surface area (Å²) in [4.78, 5) is 25.7. The lowest BCUT2D eigenvalue weighted by Crippen LogP contribution is -2.12. The summed E-state index contributed by atoms with van der Waals surface area (Å²) in [7, 11) is 0. The van der Waals surface area contributed by atoms with E-state index >= 15 is 0 Å². The molecule has 0 aromatic heterocycles. The van der Waals surface area contributed by atoms with Gasteiger partial charge in [-0.25, -0.2) is 4.85 Å². The van der Waals surface area contributed by atoms with Crippen LogP contribution in [-0.2, 0) is 14.3 Å². The number of ether oxygens (including phenoxy) is 1. The van der Waals surface area contributed by atoms with Crippen LogP contribution in [0.4, 0.5) is 0 Å². The van der Waals surface area contributed by atoms with Crippen LogP contribution >= 0.6 is 0 Å². The van der Waals surface area contributed by atoms with Crippen LogP contribution in [0.5, 0.6) is 0 Å². The van der Waals surface area contributed by atoms with Gasteiger partial charge in [0.05, 0.1) is 18.6 Å². The summed E-state index contributed by atoms with van der Waals surface area (Å²) in [5.41, 5.74) is -0.551. The first-order valence-corrected chi connectivity index (χ1v) is 5.74. The Morgan fingerprint density at radius 2 is 2.00 bits per heavy atom. The number of carbonyl (C=O) groups is 2. The Morgan fingerprint density at radius 1 is 1.44 bits per heavy atom. The van der Waals surface area contributed by atoms with Gasteiger partial charge in [-0.15, -0.1) is 0 Å². The smallest absolute Gasteiger partial charge is 0.336 e. The van der Waals surface area contributed by atoms with Gasteiger partial charge in [0.15, 0.2) is 0 Å². The number of rotatable bonds is 4. The molecule has 0 radical (unpaired) electrons. The van der Waals surface area contributed by atoms with Gasteiger partial charge in [0.1, 0.15) is 0 Å². The number of nitrogens with zero attached hydrogens (tertiary/aromatic N) is 1.